The molecule has 2 fully saturated rings. The number of alkyl halides is 3. The molecule has 12 heteroatoms. The second-order valence-electron chi connectivity index (χ2n) is 9.00. The number of carbonyl (C=O) groups excluding carboxylic acids is 2. The van der Waals surface area contributed by atoms with Crippen LogP contribution in [0.4, 0.5) is 18.0 Å². The van der Waals surface area contributed by atoms with Crippen molar-refractivity contribution >= 4 is 51.0 Å². The van der Waals surface area contributed by atoms with Crippen LogP contribution in [0, 0.1) is 0 Å². The summed E-state index contributed by atoms with van der Waals surface area (Å²) in [7, 11) is 0. The van der Waals surface area contributed by atoms with E-state index in [4.69, 9.17) is 11.6 Å². The number of aromatic nitrogens is 2. The van der Waals surface area contributed by atoms with E-state index in [1.165, 1.54) is 18.2 Å². The van der Waals surface area contributed by atoms with Crippen molar-refractivity contribution < 1.29 is 22.8 Å². The lowest BCUT2D eigenvalue weighted by molar-refractivity contribution is -0.138. The average molecular weight is 551 g/mol. The number of nitrogens with zero attached hydrogens (tertiary/aromatic N) is 2. The summed E-state index contributed by atoms with van der Waals surface area (Å²) >= 11 is 6.57. The van der Waals surface area contributed by atoms with E-state index < -0.39 is 28.4 Å². The van der Waals surface area contributed by atoms with E-state index >= 15 is 0 Å². The van der Waals surface area contributed by atoms with Crippen LogP contribution in [0.2, 0.25) is 5.02 Å². The molecule has 2 N–H and O–H groups in total. The van der Waals surface area contributed by atoms with E-state index in [1.807, 2.05) is 0 Å². The summed E-state index contributed by atoms with van der Waals surface area (Å²) in [6, 6.07) is 8.20. The number of hydrogen-bond donors (Lipinski definition) is 2. The van der Waals surface area contributed by atoms with Gasteiger partial charge in [-0.2, -0.15) is 13.2 Å². The number of allylic oxidation sites excluding steroid dienone is 1. The lowest BCUT2D eigenvalue weighted by Gasteiger charge is -2.19. The molecule has 0 saturated carbocycles. The molecule has 37 heavy (non-hydrogen) atoms. The Hall–Kier alpha value is -3.02. The Balaban J connectivity index is 1.58. The molecule has 0 bridgehead atoms. The predicted octanol–water partition coefficient (Wildman–Crippen LogP) is 5.27. The maximum absolute atomic E-state index is 13.9. The molecule has 2 saturated heterocycles. The van der Waals surface area contributed by atoms with Crippen LogP contribution >= 0.6 is 23.4 Å². The van der Waals surface area contributed by atoms with Crippen LogP contribution in [0.1, 0.15) is 29.5 Å². The molecule has 2 aliphatic heterocycles. The van der Waals surface area contributed by atoms with Crippen molar-refractivity contribution in [3.63, 3.8) is 0 Å². The molecule has 3 aromatic rings. The van der Waals surface area contributed by atoms with E-state index in [1.54, 1.807) is 12.1 Å². The largest absolute Gasteiger partial charge is 0.416 e. The number of halogens is 4. The van der Waals surface area contributed by atoms with Gasteiger partial charge in [0.25, 0.3) is 16.7 Å². The van der Waals surface area contributed by atoms with Crippen molar-refractivity contribution in [3.8, 4) is 0 Å². The number of thioether (sulfide) groups is 1. The van der Waals surface area contributed by atoms with Crippen LogP contribution in [0.5, 0.6) is 0 Å². The first-order valence-corrected chi connectivity index (χ1v) is 12.9. The number of hydrogen-bond acceptors (Lipinski definition) is 5. The Labute approximate surface area is 218 Å². The highest BCUT2D eigenvalue weighted by Gasteiger charge is 2.39. The SMILES string of the molecule is O=C1S/C(=C(/Cc2ccc(Cl)cc2C(F)(F)F)c2ccc3[nH][nH]c(=O)c3c2)C(=O)N1CCN1CCCC1. The van der Waals surface area contributed by atoms with Crippen LogP contribution in [-0.2, 0) is 17.4 Å². The van der Waals surface area contributed by atoms with E-state index in [-0.39, 0.29) is 39.4 Å². The van der Waals surface area contributed by atoms with Crippen LogP contribution in [0.3, 0.4) is 0 Å². The van der Waals surface area contributed by atoms with E-state index in [0.29, 0.717) is 29.4 Å². The van der Waals surface area contributed by atoms with Gasteiger partial charge in [-0.25, -0.2) is 0 Å². The smallest absolute Gasteiger partial charge is 0.302 e. The van der Waals surface area contributed by atoms with Crippen molar-refractivity contribution in [1.29, 1.82) is 0 Å². The summed E-state index contributed by atoms with van der Waals surface area (Å²) in [5.41, 5.74) is -0.301. The highest BCUT2D eigenvalue weighted by atomic mass is 35.5. The molecular formula is C25H22ClF3N4O3S. The normalized spacial score (nSPS) is 18.4. The number of carbonyl (C=O) groups is 2. The first kappa shape index (κ1) is 25.6. The molecule has 3 heterocycles. The van der Waals surface area contributed by atoms with E-state index in [0.717, 1.165) is 36.9 Å². The molecule has 0 atom stereocenters. The summed E-state index contributed by atoms with van der Waals surface area (Å²) in [6.07, 6.45) is -2.84. The molecular weight excluding hydrogens is 529 g/mol. The fourth-order valence-electron chi connectivity index (χ4n) is 4.71. The Kier molecular flexibility index (Phi) is 6.95. The summed E-state index contributed by atoms with van der Waals surface area (Å²) in [5, 5.41) is 4.93. The minimum absolute atomic E-state index is 0.0563. The van der Waals surface area contributed by atoms with Gasteiger partial charge in [-0.1, -0.05) is 23.7 Å². The summed E-state index contributed by atoms with van der Waals surface area (Å²) in [4.78, 5) is 41.9. The lowest BCUT2D eigenvalue weighted by Crippen LogP contribution is -2.36. The number of rotatable bonds is 6. The zero-order chi connectivity index (χ0) is 26.3. The third-order valence-corrected chi connectivity index (χ3v) is 7.88. The summed E-state index contributed by atoms with van der Waals surface area (Å²) < 4.78 is 41.6. The maximum atomic E-state index is 13.9. The number of amides is 2. The Bertz CT molecular complexity index is 1470. The monoisotopic (exact) mass is 550 g/mol. The van der Waals surface area contributed by atoms with Gasteiger partial charge in [0.15, 0.2) is 0 Å². The molecule has 0 unspecified atom stereocenters. The molecule has 5 rings (SSSR count). The standard InChI is InChI=1S/C25H22ClF3N4O3S/c26-16-5-3-15(19(13-16)25(27,28)29)12-17(14-4-6-20-18(11-14)22(34)31-30-20)21-23(35)33(24(36)37-21)10-9-32-7-1-2-8-32/h3-6,11,13H,1-2,7-10,12H2,(H2,30,31,34)/b21-17-. The van der Waals surface area contributed by atoms with Crippen molar-refractivity contribution in [3.05, 3.63) is 73.4 Å². The predicted molar refractivity (Wildman–Crippen MR) is 136 cm³/mol. The number of likely N-dealkylation sites (tertiary alicyclic amines) is 1. The second-order valence-corrected chi connectivity index (χ2v) is 10.4. The number of benzene rings is 2. The number of H-pyrrole nitrogens is 2. The topological polar surface area (TPSA) is 89.3 Å². The van der Waals surface area contributed by atoms with Gasteiger partial charge in [-0.05, 0) is 85.1 Å². The molecule has 0 aliphatic carbocycles. The van der Waals surface area contributed by atoms with Gasteiger partial charge >= 0.3 is 6.18 Å². The third-order valence-electron chi connectivity index (χ3n) is 6.63. The molecule has 0 spiro atoms. The average Bonchev–Trinajstić information content (AvgIpc) is 3.57. The Morgan fingerprint density at radius 2 is 1.76 bits per heavy atom. The van der Waals surface area contributed by atoms with Crippen LogP contribution in [0.25, 0.3) is 16.5 Å². The van der Waals surface area contributed by atoms with Crippen molar-refractivity contribution in [2.45, 2.75) is 25.4 Å². The summed E-state index contributed by atoms with van der Waals surface area (Å²) in [5.74, 6) is -0.546. The quantitative estimate of drug-likeness (QED) is 0.408. The summed E-state index contributed by atoms with van der Waals surface area (Å²) in [6.45, 7) is 2.55. The van der Waals surface area contributed by atoms with Gasteiger partial charge in [-0.15, -0.1) is 0 Å². The number of aromatic amines is 2. The van der Waals surface area contributed by atoms with Crippen molar-refractivity contribution in [2.24, 2.45) is 0 Å². The second kappa shape index (κ2) is 10.0. The Morgan fingerprint density at radius 3 is 2.49 bits per heavy atom. The highest BCUT2D eigenvalue weighted by Crippen LogP contribution is 2.41. The van der Waals surface area contributed by atoms with Gasteiger partial charge in [0.2, 0.25) is 0 Å². The minimum atomic E-state index is -4.68. The molecule has 0 radical (unpaired) electrons. The molecule has 2 aliphatic rings. The van der Waals surface area contributed by atoms with Crippen molar-refractivity contribution in [2.75, 3.05) is 26.2 Å². The van der Waals surface area contributed by atoms with E-state index in [9.17, 15) is 27.6 Å². The van der Waals surface area contributed by atoms with Crippen molar-refractivity contribution in [1.82, 2.24) is 20.0 Å². The van der Waals surface area contributed by atoms with Gasteiger partial charge in [-0.3, -0.25) is 29.5 Å². The minimum Gasteiger partial charge on any atom is -0.302 e. The zero-order valence-corrected chi connectivity index (χ0v) is 21.0. The number of nitrogens with one attached hydrogen (secondary N) is 2. The number of fused-ring (bicyclic) bond motifs is 1. The molecule has 2 aromatic carbocycles. The first-order valence-electron chi connectivity index (χ1n) is 11.7. The first-order chi connectivity index (χ1) is 17.6. The fourth-order valence-corrected chi connectivity index (χ4v) is 5.86. The maximum Gasteiger partial charge on any atom is 0.416 e. The number of imide groups is 1. The van der Waals surface area contributed by atoms with Crippen LogP contribution in [-0.4, -0.2) is 57.3 Å². The molecule has 1 aromatic heterocycles. The Morgan fingerprint density at radius 1 is 1.00 bits per heavy atom. The van der Waals surface area contributed by atoms with Gasteiger partial charge in [0.05, 0.1) is 21.4 Å². The van der Waals surface area contributed by atoms with E-state index in [2.05, 4.69) is 15.1 Å². The highest BCUT2D eigenvalue weighted by molar-refractivity contribution is 8.18. The third kappa shape index (κ3) is 5.21. The van der Waals surface area contributed by atoms with Gasteiger partial charge in [0, 0.05) is 18.1 Å². The van der Waals surface area contributed by atoms with Gasteiger partial charge in [0.1, 0.15) is 0 Å². The van der Waals surface area contributed by atoms with Crippen LogP contribution < -0.4 is 5.56 Å². The zero-order valence-electron chi connectivity index (χ0n) is 19.5. The molecule has 194 valence electrons. The van der Waals surface area contributed by atoms with Gasteiger partial charge < -0.3 is 4.90 Å². The molecule has 7 nitrogen and oxygen atoms in total. The van der Waals surface area contributed by atoms with Crippen LogP contribution in [0.15, 0.2) is 46.1 Å². The molecule has 2 amide bonds. The fraction of sp³-hybridized carbons (Fsp3) is 0.320. The lowest BCUT2D eigenvalue weighted by atomic mass is 9.93.